The fourth-order valence-electron chi connectivity index (χ4n) is 2.44. The molecule has 0 N–H and O–H groups in total. The summed E-state index contributed by atoms with van der Waals surface area (Å²) in [4.78, 5) is 6.22. The minimum absolute atomic E-state index is 0.158. The van der Waals surface area contributed by atoms with Gasteiger partial charge in [-0.1, -0.05) is 41.4 Å². The maximum Gasteiger partial charge on any atom is 0.131 e. The Morgan fingerprint density at radius 1 is 1.10 bits per heavy atom. The van der Waals surface area contributed by atoms with Crippen molar-refractivity contribution in [2.24, 2.45) is 0 Å². The molecule has 1 heterocycles. The van der Waals surface area contributed by atoms with Gasteiger partial charge in [0.25, 0.3) is 0 Å². The van der Waals surface area contributed by atoms with Gasteiger partial charge in [-0.25, -0.2) is 9.37 Å². The summed E-state index contributed by atoms with van der Waals surface area (Å²) in [6, 6.07) is 11.0. The predicted octanol–water partition coefficient (Wildman–Crippen LogP) is 4.69. The summed E-state index contributed by atoms with van der Waals surface area (Å²) >= 11 is 11.9. The molecule has 1 aromatic carbocycles. The van der Waals surface area contributed by atoms with Crippen LogP contribution in [0.4, 0.5) is 4.39 Å². The van der Waals surface area contributed by atoms with Crippen LogP contribution < -0.4 is 0 Å². The van der Waals surface area contributed by atoms with Crippen LogP contribution in [0.1, 0.15) is 24.0 Å². The Morgan fingerprint density at radius 2 is 1.76 bits per heavy atom. The number of hydrogen-bond acceptors (Lipinski definition) is 2. The Hall–Kier alpha value is -1.16. The Balaban J connectivity index is 1.77. The molecule has 1 aliphatic carbocycles. The summed E-state index contributed by atoms with van der Waals surface area (Å²) in [7, 11) is 0. The van der Waals surface area contributed by atoms with E-state index in [0.717, 1.165) is 24.0 Å². The van der Waals surface area contributed by atoms with Gasteiger partial charge in [0.1, 0.15) is 16.1 Å². The zero-order chi connectivity index (χ0) is 14.8. The number of hydrogen-bond donors (Lipinski definition) is 0. The van der Waals surface area contributed by atoms with Gasteiger partial charge in [0.15, 0.2) is 0 Å². The van der Waals surface area contributed by atoms with Gasteiger partial charge in [-0.3, -0.25) is 4.90 Å². The van der Waals surface area contributed by atoms with Crippen LogP contribution >= 0.6 is 23.2 Å². The largest absolute Gasteiger partial charge is 0.292 e. The summed E-state index contributed by atoms with van der Waals surface area (Å²) in [5.41, 5.74) is 1.72. The van der Waals surface area contributed by atoms with Crippen molar-refractivity contribution in [1.29, 1.82) is 0 Å². The van der Waals surface area contributed by atoms with Crippen molar-refractivity contribution in [2.45, 2.75) is 32.0 Å². The van der Waals surface area contributed by atoms with Gasteiger partial charge in [0, 0.05) is 24.7 Å². The highest BCUT2D eigenvalue weighted by molar-refractivity contribution is 6.32. The van der Waals surface area contributed by atoms with Crippen molar-refractivity contribution in [3.05, 3.63) is 63.6 Å². The molecule has 0 aliphatic heterocycles. The van der Waals surface area contributed by atoms with Crippen LogP contribution in [0.25, 0.3) is 0 Å². The fourth-order valence-corrected chi connectivity index (χ4v) is 2.94. The summed E-state index contributed by atoms with van der Waals surface area (Å²) in [5.74, 6) is -0.158. The third-order valence-electron chi connectivity index (χ3n) is 3.60. The molecule has 1 fully saturated rings. The van der Waals surface area contributed by atoms with Gasteiger partial charge in [-0.15, -0.1) is 0 Å². The highest BCUT2D eigenvalue weighted by Gasteiger charge is 2.29. The van der Waals surface area contributed by atoms with Gasteiger partial charge in [-0.2, -0.15) is 0 Å². The highest BCUT2D eigenvalue weighted by atomic mass is 35.5. The first-order valence-electron chi connectivity index (χ1n) is 6.91. The number of aromatic nitrogens is 1. The van der Waals surface area contributed by atoms with Gasteiger partial charge in [0.05, 0.1) is 0 Å². The lowest BCUT2D eigenvalue weighted by molar-refractivity contribution is 0.242. The van der Waals surface area contributed by atoms with E-state index in [1.807, 2.05) is 24.3 Å². The number of pyridine rings is 1. The molecule has 21 heavy (non-hydrogen) atoms. The second kappa shape index (κ2) is 6.30. The lowest BCUT2D eigenvalue weighted by atomic mass is 10.1. The molecule has 1 aliphatic rings. The van der Waals surface area contributed by atoms with E-state index in [4.69, 9.17) is 23.2 Å². The molecule has 1 aromatic heterocycles. The summed E-state index contributed by atoms with van der Waals surface area (Å²) < 4.78 is 13.8. The Morgan fingerprint density at radius 3 is 2.38 bits per heavy atom. The average molecular weight is 325 g/mol. The van der Waals surface area contributed by atoms with E-state index < -0.39 is 0 Å². The molecule has 0 unspecified atom stereocenters. The molecule has 0 saturated heterocycles. The SMILES string of the molecule is Fc1ccccc1CN(Cc1cc(Cl)nc(Cl)c1)C1CC1. The number of nitrogens with zero attached hydrogens (tertiary/aromatic N) is 2. The predicted molar refractivity (Wildman–Crippen MR) is 82.9 cm³/mol. The van der Waals surface area contributed by atoms with Crippen molar-refractivity contribution in [3.8, 4) is 0 Å². The van der Waals surface area contributed by atoms with Crippen LogP contribution in [0.3, 0.4) is 0 Å². The molecule has 0 atom stereocenters. The molecule has 0 radical (unpaired) electrons. The van der Waals surface area contributed by atoms with E-state index in [9.17, 15) is 4.39 Å². The van der Waals surface area contributed by atoms with E-state index in [0.29, 0.717) is 29.4 Å². The molecule has 3 rings (SSSR count). The summed E-state index contributed by atoms with van der Waals surface area (Å²) in [6.45, 7) is 1.29. The second-order valence-corrected chi connectivity index (χ2v) is 6.12. The molecule has 0 bridgehead atoms. The van der Waals surface area contributed by atoms with E-state index in [1.54, 1.807) is 6.07 Å². The zero-order valence-electron chi connectivity index (χ0n) is 11.4. The van der Waals surface area contributed by atoms with Gasteiger partial charge < -0.3 is 0 Å². The minimum Gasteiger partial charge on any atom is -0.292 e. The molecule has 2 nitrogen and oxygen atoms in total. The maximum absolute atomic E-state index is 13.8. The van der Waals surface area contributed by atoms with Gasteiger partial charge in [-0.05, 0) is 36.6 Å². The quantitative estimate of drug-likeness (QED) is 0.741. The van der Waals surface area contributed by atoms with Crippen LogP contribution in [0.15, 0.2) is 36.4 Å². The zero-order valence-corrected chi connectivity index (χ0v) is 12.9. The number of halogens is 3. The second-order valence-electron chi connectivity index (χ2n) is 5.35. The monoisotopic (exact) mass is 324 g/mol. The fraction of sp³-hybridized carbons (Fsp3) is 0.312. The van der Waals surface area contributed by atoms with E-state index in [-0.39, 0.29) is 5.82 Å². The average Bonchev–Trinajstić information content (AvgIpc) is 3.23. The summed E-state index contributed by atoms with van der Waals surface area (Å²) in [6.07, 6.45) is 2.31. The van der Waals surface area contributed by atoms with E-state index in [2.05, 4.69) is 9.88 Å². The highest BCUT2D eigenvalue weighted by Crippen LogP contribution is 2.30. The van der Waals surface area contributed by atoms with Crippen LogP contribution in [-0.2, 0) is 13.1 Å². The molecule has 110 valence electrons. The van der Waals surface area contributed by atoms with Crippen molar-refractivity contribution < 1.29 is 4.39 Å². The first-order chi connectivity index (χ1) is 10.1. The lowest BCUT2D eigenvalue weighted by Gasteiger charge is -2.22. The minimum atomic E-state index is -0.158. The van der Waals surface area contributed by atoms with Gasteiger partial charge in [0.2, 0.25) is 0 Å². The first-order valence-corrected chi connectivity index (χ1v) is 7.67. The number of benzene rings is 1. The Bertz CT molecular complexity index is 624. The molecule has 0 amide bonds. The van der Waals surface area contributed by atoms with Crippen molar-refractivity contribution >= 4 is 23.2 Å². The van der Waals surface area contributed by atoms with Crippen molar-refractivity contribution in [2.75, 3.05) is 0 Å². The first kappa shape index (κ1) is 14.8. The van der Waals surface area contributed by atoms with E-state index in [1.165, 1.54) is 6.07 Å². The van der Waals surface area contributed by atoms with Crippen molar-refractivity contribution in [1.82, 2.24) is 9.88 Å². The third-order valence-corrected chi connectivity index (χ3v) is 3.99. The normalized spacial score (nSPS) is 14.7. The number of rotatable bonds is 5. The van der Waals surface area contributed by atoms with Crippen LogP contribution in [0.2, 0.25) is 10.3 Å². The van der Waals surface area contributed by atoms with E-state index >= 15 is 0 Å². The molecular weight excluding hydrogens is 310 g/mol. The van der Waals surface area contributed by atoms with Crippen LogP contribution in [-0.4, -0.2) is 15.9 Å². The molecule has 5 heteroatoms. The standard InChI is InChI=1S/C16H15Cl2FN2/c17-15-7-11(8-16(18)20-15)9-21(13-5-6-13)10-12-3-1-2-4-14(12)19/h1-4,7-8,13H,5-6,9-10H2. The summed E-state index contributed by atoms with van der Waals surface area (Å²) in [5, 5.41) is 0.776. The molecular formula is C16H15Cl2FN2. The third kappa shape index (κ3) is 3.94. The smallest absolute Gasteiger partial charge is 0.131 e. The maximum atomic E-state index is 13.8. The topological polar surface area (TPSA) is 16.1 Å². The van der Waals surface area contributed by atoms with Crippen LogP contribution in [0, 0.1) is 5.82 Å². The lowest BCUT2D eigenvalue weighted by Crippen LogP contribution is -2.25. The Labute approximate surface area is 133 Å². The van der Waals surface area contributed by atoms with Gasteiger partial charge >= 0.3 is 0 Å². The molecule has 2 aromatic rings. The van der Waals surface area contributed by atoms with Crippen molar-refractivity contribution in [3.63, 3.8) is 0 Å². The van der Waals surface area contributed by atoms with Crippen LogP contribution in [0.5, 0.6) is 0 Å². The molecule has 0 spiro atoms. The Kier molecular flexibility index (Phi) is 4.43. The molecule has 1 saturated carbocycles.